The summed E-state index contributed by atoms with van der Waals surface area (Å²) in [6.07, 6.45) is 7.73. The van der Waals surface area contributed by atoms with Crippen LogP contribution in [0.25, 0.3) is 0 Å². The van der Waals surface area contributed by atoms with Crippen LogP contribution >= 0.6 is 0 Å². The number of aliphatic imine (C=N–C) groups is 1. The van der Waals surface area contributed by atoms with E-state index in [-0.39, 0.29) is 0 Å². The van der Waals surface area contributed by atoms with Crippen molar-refractivity contribution in [2.24, 2.45) is 10.9 Å². The summed E-state index contributed by atoms with van der Waals surface area (Å²) in [5.41, 5.74) is 1.09. The molecule has 1 saturated heterocycles. The maximum atomic E-state index is 10.0. The molecule has 4 nitrogen and oxygen atoms in total. The average molecular weight is 237 g/mol. The van der Waals surface area contributed by atoms with Crippen LogP contribution in [-0.4, -0.2) is 36.7 Å². The first-order valence-electron chi connectivity index (χ1n) is 6.32. The first-order valence-corrected chi connectivity index (χ1v) is 6.32. The normalized spacial score (nSPS) is 23.6. The van der Waals surface area contributed by atoms with Crippen molar-refractivity contribution in [1.82, 2.24) is 10.2 Å². The number of nitrogens with zero attached hydrogens (tertiary/aromatic N) is 2. The summed E-state index contributed by atoms with van der Waals surface area (Å²) in [5, 5.41) is 2.44. The highest BCUT2D eigenvalue weighted by Gasteiger charge is 2.13. The van der Waals surface area contributed by atoms with Crippen molar-refractivity contribution in [3.8, 4) is 0 Å². The van der Waals surface area contributed by atoms with Gasteiger partial charge in [-0.2, -0.15) is 0 Å². The summed E-state index contributed by atoms with van der Waals surface area (Å²) < 4.78 is 0. The minimum atomic E-state index is 0.636. The largest absolute Gasteiger partial charge is 0.334 e. The van der Waals surface area contributed by atoms with Crippen molar-refractivity contribution in [3.63, 3.8) is 0 Å². The molecule has 0 aromatic rings. The van der Waals surface area contributed by atoms with Crippen LogP contribution in [0.5, 0.6) is 0 Å². The third-order valence-corrected chi connectivity index (χ3v) is 3.10. The van der Waals surface area contributed by atoms with Crippen LogP contribution < -0.4 is 5.32 Å². The molecule has 0 aromatic heterocycles. The van der Waals surface area contributed by atoms with E-state index < -0.39 is 0 Å². The van der Waals surface area contributed by atoms with E-state index in [1.54, 1.807) is 12.4 Å². The average Bonchev–Trinajstić information content (AvgIpc) is 2.50. The van der Waals surface area contributed by atoms with Crippen LogP contribution in [0, 0.1) is 5.92 Å². The Morgan fingerprint density at radius 2 is 2.29 bits per heavy atom. The molecule has 96 valence electrons. The Morgan fingerprint density at radius 3 is 3.06 bits per heavy atom. The fraction of sp³-hybridized carbons (Fsp3) is 0.692. The van der Waals surface area contributed by atoms with Crippen LogP contribution in [0.3, 0.4) is 0 Å². The van der Waals surface area contributed by atoms with Crippen molar-refractivity contribution in [2.75, 3.05) is 19.6 Å². The highest BCUT2D eigenvalue weighted by Crippen LogP contribution is 2.16. The monoisotopic (exact) mass is 237 g/mol. The molecular weight excluding hydrogens is 214 g/mol. The highest BCUT2D eigenvalue weighted by atomic mass is 16.1. The number of hydrogen-bond acceptors (Lipinski definition) is 3. The molecule has 1 atom stereocenters. The Kier molecular flexibility index (Phi) is 6.55. The molecule has 1 aliphatic heterocycles. The van der Waals surface area contributed by atoms with Gasteiger partial charge >= 0.3 is 0 Å². The molecule has 0 bridgehead atoms. The van der Waals surface area contributed by atoms with Crippen molar-refractivity contribution in [3.05, 3.63) is 12.4 Å². The van der Waals surface area contributed by atoms with Crippen LogP contribution in [0.2, 0.25) is 0 Å². The van der Waals surface area contributed by atoms with Crippen molar-refractivity contribution >= 4 is 12.1 Å². The molecule has 1 N–H and O–H groups in total. The lowest BCUT2D eigenvalue weighted by Crippen LogP contribution is -2.29. The van der Waals surface area contributed by atoms with Crippen molar-refractivity contribution in [1.29, 1.82) is 0 Å². The molecule has 1 heterocycles. The Hall–Kier alpha value is -1.16. The van der Waals surface area contributed by atoms with Crippen LogP contribution in [0.4, 0.5) is 0 Å². The molecule has 1 aliphatic rings. The van der Waals surface area contributed by atoms with Crippen LogP contribution in [0.1, 0.15) is 33.1 Å². The number of nitrogens with one attached hydrogen (secondary N) is 1. The summed E-state index contributed by atoms with van der Waals surface area (Å²) in [7, 11) is 0. The molecule has 4 heteroatoms. The van der Waals surface area contributed by atoms with Gasteiger partial charge in [-0.25, -0.2) is 0 Å². The van der Waals surface area contributed by atoms with Gasteiger partial charge in [-0.3, -0.25) is 14.7 Å². The summed E-state index contributed by atoms with van der Waals surface area (Å²) >= 11 is 0. The number of amides is 1. The molecule has 17 heavy (non-hydrogen) atoms. The summed E-state index contributed by atoms with van der Waals surface area (Å²) in [4.78, 5) is 16.8. The van der Waals surface area contributed by atoms with Gasteiger partial charge in [0.05, 0.1) is 0 Å². The van der Waals surface area contributed by atoms with Gasteiger partial charge in [-0.1, -0.05) is 6.92 Å². The van der Waals surface area contributed by atoms with Gasteiger partial charge in [0.1, 0.15) is 0 Å². The van der Waals surface area contributed by atoms with Gasteiger partial charge < -0.3 is 5.32 Å². The lowest BCUT2D eigenvalue weighted by Gasteiger charge is -2.19. The Labute approximate surface area is 104 Å². The van der Waals surface area contributed by atoms with E-state index >= 15 is 0 Å². The number of likely N-dealkylation sites (tertiary alicyclic amines) is 1. The van der Waals surface area contributed by atoms with E-state index in [9.17, 15) is 4.79 Å². The van der Waals surface area contributed by atoms with Gasteiger partial charge in [0.2, 0.25) is 6.41 Å². The van der Waals surface area contributed by atoms with E-state index in [4.69, 9.17) is 0 Å². The van der Waals surface area contributed by atoms with E-state index in [0.29, 0.717) is 6.41 Å². The maximum absolute atomic E-state index is 10.0. The first kappa shape index (κ1) is 13.9. The SMILES string of the molecule is CC(CN1CCCC(C)CC1)=N/C=C\NC=O. The molecule has 1 amide bonds. The van der Waals surface area contributed by atoms with Crippen molar-refractivity contribution < 1.29 is 4.79 Å². The third-order valence-electron chi connectivity index (χ3n) is 3.10. The van der Waals surface area contributed by atoms with Gasteiger partial charge in [0.25, 0.3) is 0 Å². The zero-order valence-electron chi connectivity index (χ0n) is 10.9. The minimum Gasteiger partial charge on any atom is -0.334 e. The maximum Gasteiger partial charge on any atom is 0.211 e. The quantitative estimate of drug-likeness (QED) is 0.585. The smallest absolute Gasteiger partial charge is 0.211 e. The highest BCUT2D eigenvalue weighted by molar-refractivity contribution is 5.84. The molecular formula is C13H23N3O. The molecule has 0 aliphatic carbocycles. The molecule has 1 fully saturated rings. The van der Waals surface area contributed by atoms with E-state index in [1.165, 1.54) is 32.4 Å². The number of carbonyl (C=O) groups excluding carboxylic acids is 1. The minimum absolute atomic E-state index is 0.636. The van der Waals surface area contributed by atoms with Gasteiger partial charge in [-0.05, 0) is 45.2 Å². The van der Waals surface area contributed by atoms with Crippen LogP contribution in [-0.2, 0) is 4.79 Å². The summed E-state index contributed by atoms with van der Waals surface area (Å²) in [6, 6.07) is 0. The summed E-state index contributed by atoms with van der Waals surface area (Å²) in [5.74, 6) is 0.855. The molecule has 0 radical (unpaired) electrons. The number of rotatable bonds is 5. The van der Waals surface area contributed by atoms with E-state index in [2.05, 4.69) is 22.1 Å². The number of hydrogen-bond donors (Lipinski definition) is 1. The predicted octanol–water partition coefficient (Wildman–Crippen LogP) is 1.79. The molecule has 1 rings (SSSR count). The third kappa shape index (κ3) is 6.22. The first-order chi connectivity index (χ1) is 8.22. The van der Waals surface area contributed by atoms with Gasteiger partial charge in [-0.15, -0.1) is 0 Å². The summed E-state index contributed by atoms with van der Waals surface area (Å²) in [6.45, 7) is 7.63. The second kappa shape index (κ2) is 8.01. The molecule has 0 spiro atoms. The van der Waals surface area contributed by atoms with Gasteiger partial charge in [0, 0.05) is 24.7 Å². The molecule has 1 unspecified atom stereocenters. The lowest BCUT2D eigenvalue weighted by molar-refractivity contribution is -0.108. The fourth-order valence-electron chi connectivity index (χ4n) is 2.09. The Bertz CT molecular complexity index is 286. The Balaban J connectivity index is 2.33. The fourth-order valence-corrected chi connectivity index (χ4v) is 2.09. The zero-order valence-corrected chi connectivity index (χ0v) is 10.9. The second-order valence-electron chi connectivity index (χ2n) is 4.78. The van der Waals surface area contributed by atoms with Gasteiger partial charge in [0.15, 0.2) is 0 Å². The molecule has 0 aromatic carbocycles. The standard InChI is InChI=1S/C13H23N3O/c1-12-4-3-8-16(9-5-12)10-13(2)15-7-6-14-11-17/h6-7,11-12H,3-5,8-10H2,1-2H3,(H,14,17)/b7-6-,15-13?. The topological polar surface area (TPSA) is 44.7 Å². The number of carbonyl (C=O) groups is 1. The van der Waals surface area contributed by atoms with Crippen LogP contribution in [0.15, 0.2) is 17.4 Å². The second-order valence-corrected chi connectivity index (χ2v) is 4.78. The molecule has 0 saturated carbocycles. The van der Waals surface area contributed by atoms with E-state index in [1.807, 2.05) is 6.92 Å². The predicted molar refractivity (Wildman–Crippen MR) is 70.9 cm³/mol. The lowest BCUT2D eigenvalue weighted by atomic mass is 10.0. The van der Waals surface area contributed by atoms with Crippen molar-refractivity contribution in [2.45, 2.75) is 33.1 Å². The Morgan fingerprint density at radius 1 is 1.47 bits per heavy atom. The zero-order chi connectivity index (χ0) is 12.5. The van der Waals surface area contributed by atoms with E-state index in [0.717, 1.165) is 18.2 Å².